The molecule has 1 amide bonds. The van der Waals surface area contributed by atoms with Gasteiger partial charge in [0.15, 0.2) is 0 Å². The van der Waals surface area contributed by atoms with E-state index in [0.717, 1.165) is 35.4 Å². The minimum absolute atomic E-state index is 0.0279. The van der Waals surface area contributed by atoms with Crippen molar-refractivity contribution in [3.63, 3.8) is 0 Å². The molecule has 1 aliphatic rings. The van der Waals surface area contributed by atoms with Crippen LogP contribution in [0, 0.1) is 6.92 Å². The van der Waals surface area contributed by atoms with Crippen molar-refractivity contribution < 1.29 is 9.53 Å². The highest BCUT2D eigenvalue weighted by atomic mass is 32.1. The van der Waals surface area contributed by atoms with E-state index in [1.807, 2.05) is 47.8 Å². The monoisotopic (exact) mass is 445 g/mol. The van der Waals surface area contributed by atoms with Gasteiger partial charge in [-0.15, -0.1) is 11.3 Å². The van der Waals surface area contributed by atoms with Gasteiger partial charge in [0, 0.05) is 23.2 Å². The number of benzene rings is 2. The van der Waals surface area contributed by atoms with Crippen molar-refractivity contribution in [3.05, 3.63) is 75.7 Å². The number of amides is 1. The second-order valence-corrected chi connectivity index (χ2v) is 8.74. The van der Waals surface area contributed by atoms with Gasteiger partial charge in [-0.3, -0.25) is 14.2 Å². The summed E-state index contributed by atoms with van der Waals surface area (Å²) in [6, 6.07) is 15.6. The van der Waals surface area contributed by atoms with Gasteiger partial charge in [-0.25, -0.2) is 4.98 Å². The molecule has 2 aromatic heterocycles. The van der Waals surface area contributed by atoms with Crippen LogP contribution in [0.3, 0.4) is 0 Å². The van der Waals surface area contributed by atoms with E-state index in [2.05, 4.69) is 11.1 Å². The van der Waals surface area contributed by atoms with E-state index in [9.17, 15) is 9.59 Å². The van der Waals surface area contributed by atoms with Crippen LogP contribution in [0.1, 0.15) is 17.8 Å². The van der Waals surface area contributed by atoms with Crippen molar-refractivity contribution in [3.8, 4) is 16.9 Å². The van der Waals surface area contributed by atoms with Crippen LogP contribution < -0.4 is 15.2 Å². The Morgan fingerprint density at radius 1 is 1.16 bits per heavy atom. The summed E-state index contributed by atoms with van der Waals surface area (Å²) in [5.41, 5.74) is 3.68. The Morgan fingerprint density at radius 3 is 2.72 bits per heavy atom. The maximum atomic E-state index is 13.5. The number of para-hydroxylation sites is 1. The lowest BCUT2D eigenvalue weighted by atomic mass is 10.0. The first-order valence-corrected chi connectivity index (χ1v) is 11.5. The fraction of sp³-hybridized carbons (Fsp3) is 0.240. The maximum Gasteiger partial charge on any atom is 0.263 e. The van der Waals surface area contributed by atoms with Crippen LogP contribution in [0.2, 0.25) is 0 Å². The number of fused-ring (bicyclic) bond motifs is 2. The summed E-state index contributed by atoms with van der Waals surface area (Å²) in [5, 5.41) is 2.51. The number of ether oxygens (including phenoxy) is 1. The quantitative estimate of drug-likeness (QED) is 0.466. The van der Waals surface area contributed by atoms with Gasteiger partial charge in [0.1, 0.15) is 22.9 Å². The van der Waals surface area contributed by atoms with E-state index in [1.165, 1.54) is 21.5 Å². The zero-order valence-electron chi connectivity index (χ0n) is 18.0. The van der Waals surface area contributed by atoms with E-state index < -0.39 is 0 Å². The van der Waals surface area contributed by atoms with Gasteiger partial charge in [0.2, 0.25) is 5.91 Å². The second kappa shape index (κ2) is 8.24. The molecule has 32 heavy (non-hydrogen) atoms. The third-order valence-electron chi connectivity index (χ3n) is 5.99. The number of methoxy groups -OCH3 is 1. The van der Waals surface area contributed by atoms with Gasteiger partial charge in [0.25, 0.3) is 5.56 Å². The predicted molar refractivity (Wildman–Crippen MR) is 128 cm³/mol. The molecule has 4 aromatic rings. The van der Waals surface area contributed by atoms with Crippen molar-refractivity contribution >= 4 is 33.1 Å². The summed E-state index contributed by atoms with van der Waals surface area (Å²) >= 11 is 1.44. The molecule has 0 atom stereocenters. The van der Waals surface area contributed by atoms with E-state index in [-0.39, 0.29) is 18.0 Å². The van der Waals surface area contributed by atoms with Crippen molar-refractivity contribution in [2.75, 3.05) is 18.6 Å². The highest BCUT2D eigenvalue weighted by Gasteiger charge is 2.24. The first kappa shape index (κ1) is 20.5. The molecule has 1 aliphatic heterocycles. The van der Waals surface area contributed by atoms with Crippen LogP contribution in [0.4, 0.5) is 5.69 Å². The summed E-state index contributed by atoms with van der Waals surface area (Å²) in [7, 11) is 1.62. The van der Waals surface area contributed by atoms with Crippen molar-refractivity contribution in [2.24, 2.45) is 0 Å². The third kappa shape index (κ3) is 3.48. The first-order chi connectivity index (χ1) is 15.6. The molecule has 162 valence electrons. The molecule has 0 fully saturated rings. The van der Waals surface area contributed by atoms with Crippen molar-refractivity contribution in [2.45, 2.75) is 26.3 Å². The van der Waals surface area contributed by atoms with Gasteiger partial charge in [0.05, 0.1) is 12.5 Å². The van der Waals surface area contributed by atoms with Crippen LogP contribution in [0.5, 0.6) is 5.75 Å². The topological polar surface area (TPSA) is 64.4 Å². The van der Waals surface area contributed by atoms with E-state index in [0.29, 0.717) is 22.6 Å². The van der Waals surface area contributed by atoms with Crippen LogP contribution in [0.25, 0.3) is 21.3 Å². The number of carbonyl (C=O) groups is 1. The van der Waals surface area contributed by atoms with Gasteiger partial charge < -0.3 is 9.64 Å². The molecule has 0 N–H and O–H groups in total. The third-order valence-corrected chi connectivity index (χ3v) is 6.86. The largest absolute Gasteiger partial charge is 0.497 e. The molecular weight excluding hydrogens is 422 g/mol. The molecule has 0 spiro atoms. The zero-order chi connectivity index (χ0) is 22.2. The zero-order valence-corrected chi connectivity index (χ0v) is 18.8. The number of hydrogen-bond acceptors (Lipinski definition) is 5. The van der Waals surface area contributed by atoms with Crippen LogP contribution >= 0.6 is 11.3 Å². The number of rotatable bonds is 4. The molecule has 0 saturated carbocycles. The standard InChI is InChI=1S/C25H23N3O3S/c1-16-26-24-23(20(15-32-24)17-9-11-19(31-2)12-10-17)25(30)28(16)14-22(29)27-13-5-7-18-6-3-4-8-21(18)27/h3-4,6,8-12,15H,5,7,13-14H2,1-2H3. The average molecular weight is 446 g/mol. The lowest BCUT2D eigenvalue weighted by molar-refractivity contribution is -0.119. The Balaban J connectivity index is 1.53. The van der Waals surface area contributed by atoms with Crippen molar-refractivity contribution in [1.29, 1.82) is 0 Å². The molecule has 0 unspecified atom stereocenters. The average Bonchev–Trinajstić information content (AvgIpc) is 3.25. The smallest absolute Gasteiger partial charge is 0.263 e. The molecule has 2 aromatic carbocycles. The number of thiophene rings is 1. The minimum atomic E-state index is -0.182. The van der Waals surface area contributed by atoms with Gasteiger partial charge in [-0.1, -0.05) is 30.3 Å². The molecule has 0 bridgehead atoms. The molecule has 5 rings (SSSR count). The van der Waals surface area contributed by atoms with E-state index >= 15 is 0 Å². The van der Waals surface area contributed by atoms with Gasteiger partial charge in [-0.05, 0) is 49.1 Å². The highest BCUT2D eigenvalue weighted by Crippen LogP contribution is 2.32. The van der Waals surface area contributed by atoms with Crippen LogP contribution in [-0.4, -0.2) is 29.1 Å². The number of aryl methyl sites for hydroxylation is 2. The summed E-state index contributed by atoms with van der Waals surface area (Å²) in [4.78, 5) is 33.9. The van der Waals surface area contributed by atoms with E-state index in [4.69, 9.17) is 4.74 Å². The highest BCUT2D eigenvalue weighted by molar-refractivity contribution is 7.17. The molecule has 6 nitrogen and oxygen atoms in total. The fourth-order valence-electron chi connectivity index (χ4n) is 4.31. The second-order valence-electron chi connectivity index (χ2n) is 7.89. The Morgan fingerprint density at radius 2 is 1.94 bits per heavy atom. The molecule has 0 saturated heterocycles. The summed E-state index contributed by atoms with van der Waals surface area (Å²) < 4.78 is 6.74. The number of hydrogen-bond donors (Lipinski definition) is 0. The van der Waals surface area contributed by atoms with Gasteiger partial charge >= 0.3 is 0 Å². The lowest BCUT2D eigenvalue weighted by Gasteiger charge is -2.29. The van der Waals surface area contributed by atoms with E-state index in [1.54, 1.807) is 18.9 Å². The lowest BCUT2D eigenvalue weighted by Crippen LogP contribution is -2.40. The maximum absolute atomic E-state index is 13.5. The Kier molecular flexibility index (Phi) is 5.27. The molecule has 0 radical (unpaired) electrons. The molecular formula is C25H23N3O3S. The van der Waals surface area contributed by atoms with Crippen molar-refractivity contribution in [1.82, 2.24) is 9.55 Å². The first-order valence-electron chi connectivity index (χ1n) is 10.6. The number of carbonyl (C=O) groups excluding carboxylic acids is 1. The minimum Gasteiger partial charge on any atom is -0.497 e. The van der Waals surface area contributed by atoms with Crippen LogP contribution in [-0.2, 0) is 17.8 Å². The Labute approximate surface area is 189 Å². The number of aromatic nitrogens is 2. The number of nitrogens with zero attached hydrogens (tertiary/aromatic N) is 3. The molecule has 7 heteroatoms. The summed E-state index contributed by atoms with van der Waals surface area (Å²) in [5.74, 6) is 1.21. The molecule has 0 aliphatic carbocycles. The number of anilines is 1. The molecule has 3 heterocycles. The Hall–Kier alpha value is -3.45. The summed E-state index contributed by atoms with van der Waals surface area (Å²) in [6.45, 7) is 2.42. The summed E-state index contributed by atoms with van der Waals surface area (Å²) in [6.07, 6.45) is 1.88. The Bertz CT molecular complexity index is 1370. The normalized spacial score (nSPS) is 13.2. The fourth-order valence-corrected chi connectivity index (χ4v) is 5.29. The van der Waals surface area contributed by atoms with Crippen LogP contribution in [0.15, 0.2) is 58.7 Å². The predicted octanol–water partition coefficient (Wildman–Crippen LogP) is 4.42. The van der Waals surface area contributed by atoms with Gasteiger partial charge in [-0.2, -0.15) is 0 Å². The SMILES string of the molecule is COc1ccc(-c2csc3nc(C)n(CC(=O)N4CCCc5ccccc54)c(=O)c23)cc1.